The molecule has 0 radical (unpaired) electrons. The minimum atomic E-state index is -1.26. The highest BCUT2D eigenvalue weighted by atomic mass is 16.6. The van der Waals surface area contributed by atoms with E-state index in [0.29, 0.717) is 19.3 Å². The summed E-state index contributed by atoms with van der Waals surface area (Å²) in [5.74, 6) is -9.00. The molecule has 22 heteroatoms. The van der Waals surface area contributed by atoms with E-state index in [1.807, 2.05) is 6.92 Å². The van der Waals surface area contributed by atoms with E-state index < -0.39 is 102 Å². The lowest BCUT2D eigenvalue weighted by Gasteiger charge is -2.13. The average molecular weight is 1150 g/mol. The van der Waals surface area contributed by atoms with Crippen LogP contribution in [0.3, 0.4) is 0 Å². The molecule has 468 valence electrons. The summed E-state index contributed by atoms with van der Waals surface area (Å²) in [4.78, 5) is 117. The Labute approximate surface area is 476 Å². The maximum atomic E-state index is 11.4. The highest BCUT2D eigenvalue weighted by Crippen LogP contribution is 2.15. The zero-order valence-electron chi connectivity index (χ0n) is 50.4. The number of carbonyl (C=O) groups is 11. The predicted octanol–water partition coefficient (Wildman–Crippen LogP) is 11.7. The Balaban J connectivity index is -0.000000305. The van der Waals surface area contributed by atoms with Crippen LogP contribution in [0.5, 0.6) is 0 Å². The quantitative estimate of drug-likeness (QED) is 0.0215. The van der Waals surface area contributed by atoms with Crippen LogP contribution in [-0.2, 0) is 81.2 Å². The molecule has 0 bridgehead atoms. The number of carboxylic acids is 5. The Morgan fingerprint density at radius 3 is 0.650 bits per heavy atom. The smallest absolute Gasteiger partial charge is 0.347 e. The molecule has 5 N–H and O–H groups in total. The summed E-state index contributed by atoms with van der Waals surface area (Å²) in [7, 11) is 0. The van der Waals surface area contributed by atoms with Gasteiger partial charge in [-0.15, -0.1) is 0 Å². The van der Waals surface area contributed by atoms with Crippen LogP contribution in [0.25, 0.3) is 0 Å². The van der Waals surface area contributed by atoms with E-state index in [1.54, 1.807) is 0 Å². The lowest BCUT2D eigenvalue weighted by atomic mass is 10.0. The van der Waals surface area contributed by atoms with Gasteiger partial charge in [0.25, 0.3) is 0 Å². The molecule has 6 atom stereocenters. The van der Waals surface area contributed by atoms with Crippen LogP contribution in [0.2, 0.25) is 0 Å². The van der Waals surface area contributed by atoms with Gasteiger partial charge >= 0.3 is 65.7 Å². The summed E-state index contributed by atoms with van der Waals surface area (Å²) >= 11 is 0. The maximum Gasteiger partial charge on any atom is 0.347 e. The molecule has 0 saturated carbocycles. The summed E-state index contributed by atoms with van der Waals surface area (Å²) in [5.41, 5.74) is 0. The fourth-order valence-electron chi connectivity index (χ4n) is 6.58. The average Bonchev–Trinajstić information content (AvgIpc) is 3.37. The van der Waals surface area contributed by atoms with Crippen molar-refractivity contribution in [1.29, 1.82) is 0 Å². The molecule has 0 heterocycles. The Bertz CT molecular complexity index is 1680. The lowest BCUT2D eigenvalue weighted by Crippen LogP contribution is -2.31. The van der Waals surface area contributed by atoms with Gasteiger partial charge in [-0.05, 0) is 60.8 Å². The fraction of sp³-hybridized carbons (Fsp3) is 0.810. The van der Waals surface area contributed by atoms with Crippen molar-refractivity contribution in [2.24, 2.45) is 0 Å². The van der Waals surface area contributed by atoms with Crippen molar-refractivity contribution < 1.29 is 107 Å². The first-order valence-corrected chi connectivity index (χ1v) is 28.9. The zero-order valence-corrected chi connectivity index (χ0v) is 50.4. The second kappa shape index (κ2) is 57.8. The molecule has 0 fully saturated rings. The minimum absolute atomic E-state index is 0.311. The van der Waals surface area contributed by atoms with Gasteiger partial charge < -0.3 is 54.0 Å². The van der Waals surface area contributed by atoms with Gasteiger partial charge in [0.2, 0.25) is 0 Å². The predicted molar refractivity (Wildman–Crippen MR) is 298 cm³/mol. The Kier molecular flexibility index (Phi) is 60.0. The van der Waals surface area contributed by atoms with Crippen molar-refractivity contribution in [2.75, 3.05) is 0 Å². The molecular formula is C58H104O22. The van der Waals surface area contributed by atoms with Crippen molar-refractivity contribution >= 4 is 65.7 Å². The maximum absolute atomic E-state index is 11.4. The van der Waals surface area contributed by atoms with E-state index >= 15 is 0 Å². The van der Waals surface area contributed by atoms with E-state index in [0.717, 1.165) is 64.7 Å². The summed E-state index contributed by atoms with van der Waals surface area (Å²) in [5, 5.41) is 42.2. The second-order valence-corrected chi connectivity index (χ2v) is 19.4. The number of rotatable bonds is 42. The van der Waals surface area contributed by atoms with Gasteiger partial charge in [-0.3, -0.25) is 24.0 Å². The molecule has 0 aromatic rings. The number of unbranched alkanes of at least 4 members (excludes halogenated alkanes) is 24. The number of aliphatic carboxylic acids is 5. The summed E-state index contributed by atoms with van der Waals surface area (Å²) in [6, 6.07) is 0. The Morgan fingerprint density at radius 2 is 0.438 bits per heavy atom. The Morgan fingerprint density at radius 1 is 0.263 bits per heavy atom. The van der Waals surface area contributed by atoms with E-state index in [2.05, 4.69) is 32.8 Å². The summed E-state index contributed by atoms with van der Waals surface area (Å²) in [6.45, 7) is 16.7. The summed E-state index contributed by atoms with van der Waals surface area (Å²) < 4.78 is 27.4. The largest absolute Gasteiger partial charge is 0.479 e. The Hall–Kier alpha value is -5.83. The molecule has 0 aromatic carbocycles. The number of esters is 6. The lowest BCUT2D eigenvalue weighted by molar-refractivity contribution is -0.174. The van der Waals surface area contributed by atoms with Gasteiger partial charge in [0, 0.05) is 33.1 Å². The van der Waals surface area contributed by atoms with Crippen molar-refractivity contribution in [2.45, 2.75) is 305 Å². The highest BCUT2D eigenvalue weighted by molar-refractivity contribution is 5.82. The summed E-state index contributed by atoms with van der Waals surface area (Å²) in [6.07, 6.45) is 27.2. The monoisotopic (exact) mass is 1150 g/mol. The van der Waals surface area contributed by atoms with Crippen LogP contribution in [0.15, 0.2) is 0 Å². The molecule has 0 spiro atoms. The van der Waals surface area contributed by atoms with Crippen LogP contribution in [0, 0.1) is 0 Å². The highest BCUT2D eigenvalue weighted by Gasteiger charge is 2.23. The molecule has 0 aliphatic carbocycles. The number of hydrogen-bond donors (Lipinski definition) is 5. The molecule has 0 aliphatic heterocycles. The van der Waals surface area contributed by atoms with Crippen LogP contribution in [-0.4, -0.2) is 128 Å². The van der Waals surface area contributed by atoms with Crippen LogP contribution >= 0.6 is 0 Å². The van der Waals surface area contributed by atoms with Crippen molar-refractivity contribution in [3.05, 3.63) is 0 Å². The van der Waals surface area contributed by atoms with E-state index in [-0.39, 0.29) is 0 Å². The molecule has 0 aliphatic rings. The van der Waals surface area contributed by atoms with Crippen molar-refractivity contribution in [3.63, 3.8) is 0 Å². The van der Waals surface area contributed by atoms with Gasteiger partial charge in [0.15, 0.2) is 36.6 Å². The van der Waals surface area contributed by atoms with Gasteiger partial charge in [-0.2, -0.15) is 0 Å². The van der Waals surface area contributed by atoms with Gasteiger partial charge in [-0.1, -0.05) is 175 Å². The third kappa shape index (κ3) is 64.7. The van der Waals surface area contributed by atoms with Crippen molar-refractivity contribution in [3.8, 4) is 0 Å². The first-order valence-electron chi connectivity index (χ1n) is 28.9. The third-order valence-electron chi connectivity index (χ3n) is 11.4. The van der Waals surface area contributed by atoms with E-state index in [1.165, 1.54) is 164 Å². The molecule has 22 nitrogen and oxygen atoms in total. The van der Waals surface area contributed by atoms with Gasteiger partial charge in [-0.25, -0.2) is 28.8 Å². The standard InChI is InChI=1S/C21H40O4.C15H28O4.C9H16O4.C8H12O6.C5H8O4/c1-3-4-5-6-7-8-9-10-11-12-13-14-15-16-17-18-20(22)25-19(2)21(23)24;1-3-4-5-6-7-8-9-10-11-12-14(16)19-13(2)15(17)18;1-3-4-5-6-8(10)13-7(2)9(11)12;1-4(7(10)11)14-8(12)5(2)13-6(3)9;1-3(5(7)8)9-4(2)6/h19H,3-18H2,1-2H3,(H,23,24);13H,3-12H2,1-2H3,(H,17,18);7H,3-6H2,1-2H3,(H,11,12);4-5H,1-3H3,(H,10,11);3H,1-2H3,(H,7,8). The van der Waals surface area contributed by atoms with E-state index in [4.69, 9.17) is 35.0 Å². The van der Waals surface area contributed by atoms with Crippen LogP contribution in [0.4, 0.5) is 0 Å². The SMILES string of the molecule is CC(=O)OC(C)C(=O)O.CC(=O)OC(C)C(=O)OC(C)C(=O)O.CCCCCC(=O)OC(C)C(=O)O.CCCCCCCCCCCC(=O)OC(C)C(=O)O.CCCCCCCCCCCCCCCCCC(=O)OC(C)C(=O)O. The number of hydrogen-bond acceptors (Lipinski definition) is 17. The molecule has 6 unspecified atom stereocenters. The molecule has 0 aromatic heterocycles. The number of carbonyl (C=O) groups excluding carboxylic acids is 6. The molecule has 0 saturated heterocycles. The fourth-order valence-corrected chi connectivity index (χ4v) is 6.58. The molecule has 0 amide bonds. The van der Waals surface area contributed by atoms with Crippen LogP contribution in [0.1, 0.15) is 269 Å². The number of ether oxygens (including phenoxy) is 6. The molecular weight excluding hydrogens is 1050 g/mol. The van der Waals surface area contributed by atoms with Crippen molar-refractivity contribution in [1.82, 2.24) is 0 Å². The first kappa shape index (κ1) is 83.0. The molecule has 0 rings (SSSR count). The normalized spacial score (nSPS) is 12.4. The molecule has 80 heavy (non-hydrogen) atoms. The van der Waals surface area contributed by atoms with E-state index in [9.17, 15) is 52.7 Å². The third-order valence-corrected chi connectivity index (χ3v) is 11.4. The first-order chi connectivity index (χ1) is 37.6. The topological polar surface area (TPSA) is 344 Å². The van der Waals surface area contributed by atoms with Crippen LogP contribution < -0.4 is 0 Å². The van der Waals surface area contributed by atoms with Gasteiger partial charge in [0.1, 0.15) is 0 Å². The zero-order chi connectivity index (χ0) is 62.3. The van der Waals surface area contributed by atoms with Gasteiger partial charge in [0.05, 0.1) is 0 Å². The minimum Gasteiger partial charge on any atom is -0.479 e. The second-order valence-electron chi connectivity index (χ2n) is 19.4. The number of carboxylic acid groups (broad SMARTS) is 5.